The van der Waals surface area contributed by atoms with E-state index < -0.39 is 35.8 Å². The van der Waals surface area contributed by atoms with Crippen molar-refractivity contribution < 1.29 is 32.4 Å². The highest BCUT2D eigenvalue weighted by Gasteiger charge is 2.62. The number of hydrogen-bond acceptors (Lipinski definition) is 5. The van der Waals surface area contributed by atoms with Gasteiger partial charge in [0, 0.05) is 52.5 Å². The molecule has 4 rings (SSSR count). The van der Waals surface area contributed by atoms with Crippen LogP contribution in [-0.4, -0.2) is 40.9 Å². The Morgan fingerprint density at radius 2 is 1.81 bits per heavy atom. The second kappa shape index (κ2) is 9.68. The van der Waals surface area contributed by atoms with Gasteiger partial charge in [-0.1, -0.05) is 46.0 Å². The summed E-state index contributed by atoms with van der Waals surface area (Å²) in [6, 6.07) is 7.60. The van der Waals surface area contributed by atoms with Gasteiger partial charge in [-0.3, -0.25) is 19.3 Å². The molecule has 0 saturated carbocycles. The first-order valence-electron chi connectivity index (χ1n) is 10.8. The fourth-order valence-corrected chi connectivity index (χ4v) is 5.16. The molecule has 2 aromatic rings. The summed E-state index contributed by atoms with van der Waals surface area (Å²) in [4.78, 5) is 43.1. The van der Waals surface area contributed by atoms with E-state index in [-0.39, 0.29) is 62.8 Å². The molecule has 1 fully saturated rings. The number of carbonyl (C=O) groups is 3. The molecule has 1 saturated heterocycles. The number of hydrogen-bond donors (Lipinski definition) is 0. The van der Waals surface area contributed by atoms with Crippen LogP contribution in [0.25, 0.3) is 0 Å². The van der Waals surface area contributed by atoms with E-state index in [0.29, 0.717) is 0 Å². The van der Waals surface area contributed by atoms with Crippen LogP contribution in [0.1, 0.15) is 47.7 Å². The predicted molar refractivity (Wildman–Crippen MR) is 127 cm³/mol. The normalized spacial score (nSPS) is 22.1. The molecule has 2 aromatic carbocycles. The highest BCUT2D eigenvalue weighted by Crippen LogP contribution is 2.49. The second-order valence-electron chi connectivity index (χ2n) is 8.49. The van der Waals surface area contributed by atoms with Crippen LogP contribution >= 0.6 is 34.8 Å². The van der Waals surface area contributed by atoms with Crippen molar-refractivity contribution in [2.45, 2.75) is 38.0 Å². The Morgan fingerprint density at radius 1 is 1.14 bits per heavy atom. The van der Waals surface area contributed by atoms with E-state index in [1.807, 2.05) is 0 Å². The molecule has 2 amide bonds. The number of Topliss-reactive ketones (excluding diaryl/α,β-unsaturated/α-hetero) is 1. The van der Waals surface area contributed by atoms with E-state index in [1.54, 1.807) is 6.92 Å². The van der Waals surface area contributed by atoms with E-state index in [2.05, 4.69) is 5.16 Å². The summed E-state index contributed by atoms with van der Waals surface area (Å²) in [7, 11) is 0. The number of likely N-dealkylation sites (tertiary alicyclic amines) is 1. The van der Waals surface area contributed by atoms with Crippen molar-refractivity contribution in [1.29, 1.82) is 0 Å². The van der Waals surface area contributed by atoms with Crippen LogP contribution in [0.3, 0.4) is 0 Å². The number of benzene rings is 2. The van der Waals surface area contributed by atoms with Crippen LogP contribution < -0.4 is 0 Å². The van der Waals surface area contributed by atoms with E-state index >= 15 is 0 Å². The van der Waals surface area contributed by atoms with Crippen LogP contribution in [0, 0.1) is 5.92 Å². The van der Waals surface area contributed by atoms with E-state index in [1.165, 1.54) is 24.3 Å². The van der Waals surface area contributed by atoms with Gasteiger partial charge in [0.05, 0.1) is 16.7 Å². The van der Waals surface area contributed by atoms with Gasteiger partial charge in [-0.15, -0.1) is 0 Å². The highest BCUT2D eigenvalue weighted by molar-refractivity contribution is 6.35. The van der Waals surface area contributed by atoms with Gasteiger partial charge in [0.2, 0.25) is 11.8 Å². The Morgan fingerprint density at radius 3 is 2.36 bits per heavy atom. The average molecular weight is 562 g/mol. The number of carbonyl (C=O) groups excluding carboxylic acids is 3. The number of halogens is 6. The molecule has 2 aliphatic rings. The van der Waals surface area contributed by atoms with Crippen LogP contribution in [0.15, 0.2) is 41.6 Å². The maximum atomic E-state index is 14.2. The average Bonchev–Trinajstić information content (AvgIpc) is 3.35. The quantitative estimate of drug-likeness (QED) is 0.311. The smallest absolute Gasteiger partial charge is 0.374 e. The molecule has 0 spiro atoms. The molecule has 12 heteroatoms. The molecule has 0 aromatic heterocycles. The van der Waals surface area contributed by atoms with Crippen LogP contribution in [0.5, 0.6) is 0 Å². The number of ketones is 1. The molecule has 0 aliphatic carbocycles. The van der Waals surface area contributed by atoms with E-state index in [0.717, 1.165) is 17.0 Å². The summed E-state index contributed by atoms with van der Waals surface area (Å²) >= 11 is 18.1. The van der Waals surface area contributed by atoms with Crippen molar-refractivity contribution in [1.82, 2.24) is 4.90 Å². The Kier molecular flexibility index (Phi) is 7.11. The van der Waals surface area contributed by atoms with Crippen LogP contribution in [-0.2, 0) is 20.0 Å². The minimum atomic E-state index is -4.86. The standard InChI is InChI=1S/C24H18Cl3F3N2O4/c1-2-32-21(34)7-13(22(32)35)6-20(33)17-4-3-12(5-18(17)27)19-11-23(36-31-19,24(28,29)30)14-8-15(25)10-16(26)9-14/h3-5,8-10,13H,2,6-7,11H2,1H3/t13-,23?/m1/s1. The minimum absolute atomic E-state index is 0.00795. The Hall–Kier alpha value is -2.62. The largest absolute Gasteiger partial charge is 0.435 e. The molecule has 2 heterocycles. The molecule has 1 unspecified atom stereocenters. The lowest BCUT2D eigenvalue weighted by atomic mass is 9.86. The van der Waals surface area contributed by atoms with Crippen molar-refractivity contribution >= 4 is 58.1 Å². The summed E-state index contributed by atoms with van der Waals surface area (Å²) in [5, 5.41) is 3.66. The zero-order valence-corrected chi connectivity index (χ0v) is 20.9. The van der Waals surface area contributed by atoms with Gasteiger partial charge in [-0.25, -0.2) is 0 Å². The number of amides is 2. The maximum Gasteiger partial charge on any atom is 0.435 e. The van der Waals surface area contributed by atoms with Crippen molar-refractivity contribution in [3.05, 3.63) is 68.2 Å². The molecular weight excluding hydrogens is 544 g/mol. The van der Waals surface area contributed by atoms with Crippen molar-refractivity contribution in [3.8, 4) is 0 Å². The van der Waals surface area contributed by atoms with Crippen molar-refractivity contribution in [3.63, 3.8) is 0 Å². The molecule has 0 N–H and O–H groups in total. The molecule has 36 heavy (non-hydrogen) atoms. The van der Waals surface area contributed by atoms with Gasteiger partial charge in [0.1, 0.15) is 0 Å². The Bertz CT molecular complexity index is 1280. The predicted octanol–water partition coefficient (Wildman–Crippen LogP) is 6.20. The lowest BCUT2D eigenvalue weighted by Crippen LogP contribution is -2.42. The number of imide groups is 1. The van der Waals surface area contributed by atoms with Gasteiger partial charge in [0.25, 0.3) is 5.60 Å². The van der Waals surface area contributed by atoms with Crippen molar-refractivity contribution in [2.75, 3.05) is 6.54 Å². The summed E-state index contributed by atoms with van der Waals surface area (Å²) in [6.07, 6.45) is -5.81. The maximum absolute atomic E-state index is 14.2. The molecule has 0 radical (unpaired) electrons. The minimum Gasteiger partial charge on any atom is -0.374 e. The fourth-order valence-electron chi connectivity index (χ4n) is 4.34. The summed E-state index contributed by atoms with van der Waals surface area (Å²) in [6.45, 7) is 1.89. The number of alkyl halides is 3. The summed E-state index contributed by atoms with van der Waals surface area (Å²) < 4.78 is 42.6. The topological polar surface area (TPSA) is 76.0 Å². The monoisotopic (exact) mass is 560 g/mol. The van der Waals surface area contributed by atoms with Gasteiger partial charge in [-0.05, 0) is 37.3 Å². The van der Waals surface area contributed by atoms with Gasteiger partial charge in [0.15, 0.2) is 5.78 Å². The Balaban J connectivity index is 1.56. The molecular formula is C24H18Cl3F3N2O4. The third kappa shape index (κ3) is 4.71. The number of oxime groups is 1. The van der Waals surface area contributed by atoms with Crippen LogP contribution in [0.4, 0.5) is 13.2 Å². The molecule has 0 bridgehead atoms. The van der Waals surface area contributed by atoms with Crippen molar-refractivity contribution in [2.24, 2.45) is 11.1 Å². The number of nitrogens with zero attached hydrogens (tertiary/aromatic N) is 2. The number of rotatable bonds is 6. The molecule has 190 valence electrons. The first kappa shape index (κ1) is 26.4. The third-order valence-corrected chi connectivity index (χ3v) is 6.95. The van der Waals surface area contributed by atoms with E-state index in [9.17, 15) is 27.6 Å². The third-order valence-electron chi connectivity index (χ3n) is 6.20. The fraction of sp³-hybridized carbons (Fsp3) is 0.333. The van der Waals surface area contributed by atoms with E-state index in [4.69, 9.17) is 39.6 Å². The second-order valence-corrected chi connectivity index (χ2v) is 9.77. The SMILES string of the molecule is CCN1C(=O)C[C@@H](CC(=O)c2ccc(C3=NOC(c4cc(Cl)cc(Cl)c4)(C(F)(F)F)C3)cc2Cl)C1=O. The summed E-state index contributed by atoms with van der Waals surface area (Å²) in [5.74, 6) is -1.98. The van der Waals surface area contributed by atoms with Crippen LogP contribution in [0.2, 0.25) is 15.1 Å². The highest BCUT2D eigenvalue weighted by atomic mass is 35.5. The zero-order valence-electron chi connectivity index (χ0n) is 18.7. The van der Waals surface area contributed by atoms with Gasteiger partial charge < -0.3 is 4.84 Å². The molecule has 2 aliphatic heterocycles. The zero-order chi connectivity index (χ0) is 26.4. The molecule has 2 atom stereocenters. The molecule has 6 nitrogen and oxygen atoms in total. The first-order chi connectivity index (χ1) is 16.9. The summed E-state index contributed by atoms with van der Waals surface area (Å²) in [5.41, 5.74) is -2.85. The van der Waals surface area contributed by atoms with Gasteiger partial charge >= 0.3 is 6.18 Å². The lowest BCUT2D eigenvalue weighted by molar-refractivity contribution is -0.275. The Labute approximate surface area is 218 Å². The lowest BCUT2D eigenvalue weighted by Gasteiger charge is -2.29. The van der Waals surface area contributed by atoms with Gasteiger partial charge in [-0.2, -0.15) is 13.2 Å². The first-order valence-corrected chi connectivity index (χ1v) is 12.0.